The zero-order valence-corrected chi connectivity index (χ0v) is 10.9. The second-order valence-electron chi connectivity index (χ2n) is 4.20. The van der Waals surface area contributed by atoms with Crippen molar-refractivity contribution in [2.45, 2.75) is 0 Å². The number of anilines is 2. The number of nitrogens with zero attached hydrogens (tertiary/aromatic N) is 1. The van der Waals surface area contributed by atoms with Gasteiger partial charge in [-0.25, -0.2) is 0 Å². The standard InChI is InChI=1S/C15H12ClN3/c16-13-4-6-14(7-5-13)19-15-3-1-2-11(8-15)12-9-17-18-10-12/h1-10,19H,(H,17,18). The molecule has 0 aliphatic heterocycles. The first kappa shape index (κ1) is 11.8. The van der Waals surface area contributed by atoms with Crippen molar-refractivity contribution in [3.63, 3.8) is 0 Å². The number of halogens is 1. The summed E-state index contributed by atoms with van der Waals surface area (Å²) >= 11 is 5.87. The molecule has 19 heavy (non-hydrogen) atoms. The molecule has 4 heteroatoms. The van der Waals surface area contributed by atoms with Gasteiger partial charge in [0, 0.05) is 28.2 Å². The van der Waals surface area contributed by atoms with Crippen LogP contribution in [0.3, 0.4) is 0 Å². The van der Waals surface area contributed by atoms with E-state index in [-0.39, 0.29) is 0 Å². The van der Waals surface area contributed by atoms with Gasteiger partial charge < -0.3 is 5.32 Å². The van der Waals surface area contributed by atoms with Crippen molar-refractivity contribution in [3.8, 4) is 11.1 Å². The van der Waals surface area contributed by atoms with Crippen LogP contribution >= 0.6 is 11.6 Å². The molecule has 0 spiro atoms. The van der Waals surface area contributed by atoms with Gasteiger partial charge in [-0.05, 0) is 42.0 Å². The highest BCUT2D eigenvalue weighted by atomic mass is 35.5. The van der Waals surface area contributed by atoms with Crippen LogP contribution in [0.25, 0.3) is 11.1 Å². The van der Waals surface area contributed by atoms with Gasteiger partial charge in [-0.3, -0.25) is 5.10 Å². The molecule has 0 aliphatic carbocycles. The van der Waals surface area contributed by atoms with Crippen LogP contribution in [0.1, 0.15) is 0 Å². The van der Waals surface area contributed by atoms with Gasteiger partial charge in [-0.2, -0.15) is 5.10 Å². The first-order valence-corrected chi connectivity index (χ1v) is 6.31. The fourth-order valence-corrected chi connectivity index (χ4v) is 2.01. The molecule has 0 aliphatic rings. The maximum Gasteiger partial charge on any atom is 0.0565 e. The summed E-state index contributed by atoms with van der Waals surface area (Å²) in [5.41, 5.74) is 4.22. The maximum atomic E-state index is 5.87. The molecule has 0 saturated carbocycles. The van der Waals surface area contributed by atoms with Crippen LogP contribution in [0.15, 0.2) is 60.9 Å². The molecule has 94 valence electrons. The Morgan fingerprint density at radius 2 is 1.79 bits per heavy atom. The largest absolute Gasteiger partial charge is 0.356 e. The van der Waals surface area contributed by atoms with Crippen LogP contribution in [0.5, 0.6) is 0 Å². The van der Waals surface area contributed by atoms with E-state index in [1.807, 2.05) is 42.6 Å². The molecule has 0 bridgehead atoms. The molecule has 0 unspecified atom stereocenters. The van der Waals surface area contributed by atoms with Crippen molar-refractivity contribution in [3.05, 3.63) is 65.9 Å². The summed E-state index contributed by atoms with van der Waals surface area (Å²) in [6, 6.07) is 15.8. The summed E-state index contributed by atoms with van der Waals surface area (Å²) < 4.78 is 0. The van der Waals surface area contributed by atoms with Gasteiger partial charge >= 0.3 is 0 Å². The Hall–Kier alpha value is -2.26. The lowest BCUT2D eigenvalue weighted by Gasteiger charge is -2.07. The second kappa shape index (κ2) is 5.16. The predicted molar refractivity (Wildman–Crippen MR) is 78.8 cm³/mol. The van der Waals surface area contributed by atoms with Crippen molar-refractivity contribution in [1.29, 1.82) is 0 Å². The maximum absolute atomic E-state index is 5.87. The lowest BCUT2D eigenvalue weighted by molar-refractivity contribution is 1.09. The molecule has 2 N–H and O–H groups in total. The minimum atomic E-state index is 0.734. The van der Waals surface area contributed by atoms with Gasteiger partial charge in [0.15, 0.2) is 0 Å². The number of H-pyrrole nitrogens is 1. The Kier molecular flexibility index (Phi) is 3.21. The molecule has 0 radical (unpaired) electrons. The summed E-state index contributed by atoms with van der Waals surface area (Å²) in [5, 5.41) is 10.9. The predicted octanol–water partition coefficient (Wildman–Crippen LogP) is 4.47. The molecule has 1 aromatic heterocycles. The van der Waals surface area contributed by atoms with E-state index in [1.54, 1.807) is 6.20 Å². The summed E-state index contributed by atoms with van der Waals surface area (Å²) in [6.07, 6.45) is 3.68. The fraction of sp³-hybridized carbons (Fsp3) is 0. The average Bonchev–Trinajstić information content (AvgIpc) is 2.96. The Morgan fingerprint density at radius 1 is 0.947 bits per heavy atom. The average molecular weight is 270 g/mol. The number of hydrogen-bond acceptors (Lipinski definition) is 2. The van der Waals surface area contributed by atoms with E-state index in [2.05, 4.69) is 27.6 Å². The number of hydrogen-bond donors (Lipinski definition) is 2. The second-order valence-corrected chi connectivity index (χ2v) is 4.64. The quantitative estimate of drug-likeness (QED) is 0.736. The van der Waals surface area contributed by atoms with Crippen molar-refractivity contribution in [2.75, 3.05) is 5.32 Å². The molecule has 3 aromatic rings. The summed E-state index contributed by atoms with van der Waals surface area (Å²) in [5.74, 6) is 0. The van der Waals surface area contributed by atoms with Gasteiger partial charge in [0.2, 0.25) is 0 Å². The monoisotopic (exact) mass is 269 g/mol. The highest BCUT2D eigenvalue weighted by Crippen LogP contribution is 2.24. The van der Waals surface area contributed by atoms with Gasteiger partial charge in [0.05, 0.1) is 6.20 Å². The zero-order chi connectivity index (χ0) is 13.1. The first-order valence-electron chi connectivity index (χ1n) is 5.93. The van der Waals surface area contributed by atoms with E-state index in [1.165, 1.54) is 0 Å². The van der Waals surface area contributed by atoms with Crippen molar-refractivity contribution >= 4 is 23.0 Å². The molecule has 0 amide bonds. The highest BCUT2D eigenvalue weighted by molar-refractivity contribution is 6.30. The molecule has 0 fully saturated rings. The van der Waals surface area contributed by atoms with E-state index in [9.17, 15) is 0 Å². The Bertz CT molecular complexity index is 660. The van der Waals surface area contributed by atoms with Crippen LogP contribution in [0, 0.1) is 0 Å². The molecule has 2 aromatic carbocycles. The van der Waals surface area contributed by atoms with Gasteiger partial charge in [-0.15, -0.1) is 0 Å². The van der Waals surface area contributed by atoms with Gasteiger partial charge in [0.25, 0.3) is 0 Å². The summed E-state index contributed by atoms with van der Waals surface area (Å²) in [6.45, 7) is 0. The minimum absolute atomic E-state index is 0.734. The van der Waals surface area contributed by atoms with E-state index >= 15 is 0 Å². The molecule has 0 saturated heterocycles. The third-order valence-electron chi connectivity index (χ3n) is 2.83. The number of aromatic amines is 1. The van der Waals surface area contributed by atoms with Gasteiger partial charge in [-0.1, -0.05) is 23.7 Å². The molecule has 3 rings (SSSR count). The summed E-state index contributed by atoms with van der Waals surface area (Å²) in [4.78, 5) is 0. The Labute approximate surface area is 116 Å². The number of rotatable bonds is 3. The van der Waals surface area contributed by atoms with Crippen molar-refractivity contribution in [1.82, 2.24) is 10.2 Å². The number of benzene rings is 2. The topological polar surface area (TPSA) is 40.7 Å². The smallest absolute Gasteiger partial charge is 0.0565 e. The van der Waals surface area contributed by atoms with Crippen LogP contribution in [0.2, 0.25) is 5.02 Å². The first-order chi connectivity index (χ1) is 9.31. The highest BCUT2D eigenvalue weighted by Gasteiger charge is 2.00. The molecular weight excluding hydrogens is 258 g/mol. The van der Waals surface area contributed by atoms with Crippen LogP contribution in [-0.4, -0.2) is 10.2 Å². The third kappa shape index (κ3) is 2.77. The van der Waals surface area contributed by atoms with E-state index < -0.39 is 0 Å². The number of nitrogens with one attached hydrogen (secondary N) is 2. The van der Waals surface area contributed by atoms with Crippen molar-refractivity contribution < 1.29 is 0 Å². The third-order valence-corrected chi connectivity index (χ3v) is 3.08. The Morgan fingerprint density at radius 3 is 2.53 bits per heavy atom. The number of aromatic nitrogens is 2. The summed E-state index contributed by atoms with van der Waals surface area (Å²) in [7, 11) is 0. The van der Waals surface area contributed by atoms with E-state index in [0.717, 1.165) is 27.5 Å². The molecule has 1 heterocycles. The van der Waals surface area contributed by atoms with E-state index in [0.29, 0.717) is 0 Å². The zero-order valence-electron chi connectivity index (χ0n) is 10.1. The van der Waals surface area contributed by atoms with Crippen molar-refractivity contribution in [2.24, 2.45) is 0 Å². The van der Waals surface area contributed by atoms with Gasteiger partial charge in [0.1, 0.15) is 0 Å². The lowest BCUT2D eigenvalue weighted by Crippen LogP contribution is -1.89. The minimum Gasteiger partial charge on any atom is -0.356 e. The molecule has 0 atom stereocenters. The SMILES string of the molecule is Clc1ccc(Nc2cccc(-c3cn[nH]c3)c2)cc1. The van der Waals surface area contributed by atoms with Crippen LogP contribution < -0.4 is 5.32 Å². The van der Waals surface area contributed by atoms with E-state index in [4.69, 9.17) is 11.6 Å². The fourth-order valence-electron chi connectivity index (χ4n) is 1.89. The molecule has 3 nitrogen and oxygen atoms in total. The van der Waals surface area contributed by atoms with Crippen LogP contribution in [0.4, 0.5) is 11.4 Å². The Balaban J connectivity index is 1.85. The lowest BCUT2D eigenvalue weighted by atomic mass is 10.1. The van der Waals surface area contributed by atoms with Crippen LogP contribution in [-0.2, 0) is 0 Å². The normalized spacial score (nSPS) is 10.4. The molecular formula is C15H12ClN3.